The Morgan fingerprint density at radius 3 is 2.57 bits per heavy atom. The predicted octanol–water partition coefficient (Wildman–Crippen LogP) is 3.37. The Bertz CT molecular complexity index is 627. The SMILES string of the molecule is Nc1ccc(Br)cc1S(=O)(=O)N1CCCC1C1CCCC1. The number of rotatable bonds is 3. The van der Waals surface area contributed by atoms with E-state index in [2.05, 4.69) is 15.9 Å². The molecule has 2 N–H and O–H groups in total. The average Bonchev–Trinajstić information content (AvgIpc) is 3.10. The van der Waals surface area contributed by atoms with E-state index >= 15 is 0 Å². The van der Waals surface area contributed by atoms with Gasteiger partial charge in [-0.15, -0.1) is 0 Å². The van der Waals surface area contributed by atoms with Crippen LogP contribution in [0.3, 0.4) is 0 Å². The Kier molecular flexibility index (Phi) is 4.30. The molecule has 0 aromatic heterocycles. The summed E-state index contributed by atoms with van der Waals surface area (Å²) in [5.74, 6) is 0.524. The molecule has 0 bridgehead atoms. The normalized spacial score (nSPS) is 24.7. The second-order valence-corrected chi connectivity index (χ2v) is 8.83. The van der Waals surface area contributed by atoms with Crippen LogP contribution in [0.5, 0.6) is 0 Å². The highest BCUT2D eigenvalue weighted by Gasteiger charge is 2.40. The minimum absolute atomic E-state index is 0.163. The first kappa shape index (κ1) is 15.3. The molecule has 1 aliphatic carbocycles. The van der Waals surface area contributed by atoms with Gasteiger partial charge in [-0.1, -0.05) is 28.8 Å². The van der Waals surface area contributed by atoms with E-state index in [0.29, 0.717) is 18.2 Å². The fourth-order valence-corrected chi connectivity index (χ4v) is 6.15. The van der Waals surface area contributed by atoms with Crippen molar-refractivity contribution in [1.29, 1.82) is 0 Å². The van der Waals surface area contributed by atoms with E-state index in [-0.39, 0.29) is 10.9 Å². The van der Waals surface area contributed by atoms with E-state index < -0.39 is 10.0 Å². The van der Waals surface area contributed by atoms with Crippen LogP contribution in [-0.4, -0.2) is 25.3 Å². The molecule has 2 aliphatic rings. The standard InChI is InChI=1S/C15H21BrN2O2S/c16-12-7-8-13(17)15(10-12)21(19,20)18-9-3-6-14(18)11-4-1-2-5-11/h7-8,10-11,14H,1-6,9,17H2. The lowest BCUT2D eigenvalue weighted by Gasteiger charge is -2.29. The lowest BCUT2D eigenvalue weighted by Crippen LogP contribution is -2.39. The van der Waals surface area contributed by atoms with Gasteiger partial charge in [0.25, 0.3) is 0 Å². The molecular weight excluding hydrogens is 352 g/mol. The Labute approximate surface area is 134 Å². The van der Waals surface area contributed by atoms with Gasteiger partial charge in [-0.25, -0.2) is 8.42 Å². The smallest absolute Gasteiger partial charge is 0.245 e. The Morgan fingerprint density at radius 2 is 1.86 bits per heavy atom. The number of hydrogen-bond donors (Lipinski definition) is 1. The summed E-state index contributed by atoms with van der Waals surface area (Å²) in [7, 11) is -3.50. The summed E-state index contributed by atoms with van der Waals surface area (Å²) >= 11 is 3.34. The van der Waals surface area contributed by atoms with E-state index in [1.54, 1.807) is 22.5 Å². The number of nitrogens with two attached hydrogens (primary N) is 1. The second-order valence-electron chi connectivity index (χ2n) is 6.05. The van der Waals surface area contributed by atoms with E-state index in [4.69, 9.17) is 5.73 Å². The summed E-state index contributed by atoms with van der Waals surface area (Å²) in [5.41, 5.74) is 6.24. The highest BCUT2D eigenvalue weighted by molar-refractivity contribution is 9.10. The van der Waals surface area contributed by atoms with Crippen molar-refractivity contribution in [2.75, 3.05) is 12.3 Å². The zero-order valence-corrected chi connectivity index (χ0v) is 14.4. The zero-order valence-electron chi connectivity index (χ0n) is 12.0. The van der Waals surface area contributed by atoms with Crippen molar-refractivity contribution in [2.45, 2.75) is 49.5 Å². The number of sulfonamides is 1. The predicted molar refractivity (Wildman–Crippen MR) is 87.4 cm³/mol. The van der Waals surface area contributed by atoms with Gasteiger partial charge in [0.2, 0.25) is 10.0 Å². The third-order valence-electron chi connectivity index (χ3n) is 4.75. The van der Waals surface area contributed by atoms with Crippen LogP contribution in [0, 0.1) is 5.92 Å². The molecule has 4 nitrogen and oxygen atoms in total. The molecule has 1 heterocycles. The summed E-state index contributed by atoms with van der Waals surface area (Å²) < 4.78 is 28.5. The molecule has 1 saturated carbocycles. The number of nitrogens with zero attached hydrogens (tertiary/aromatic N) is 1. The van der Waals surface area contributed by atoms with Crippen LogP contribution >= 0.6 is 15.9 Å². The van der Waals surface area contributed by atoms with Crippen LogP contribution < -0.4 is 5.73 Å². The third kappa shape index (κ3) is 2.85. The van der Waals surface area contributed by atoms with E-state index in [1.807, 2.05) is 0 Å². The first-order chi connectivity index (χ1) is 10.00. The third-order valence-corrected chi connectivity index (χ3v) is 7.23. The molecule has 0 amide bonds. The highest BCUT2D eigenvalue weighted by Crippen LogP contribution is 2.39. The lowest BCUT2D eigenvalue weighted by atomic mass is 9.97. The summed E-state index contributed by atoms with van der Waals surface area (Å²) in [6.07, 6.45) is 6.71. The minimum Gasteiger partial charge on any atom is -0.398 e. The topological polar surface area (TPSA) is 63.4 Å². The van der Waals surface area contributed by atoms with E-state index in [0.717, 1.165) is 30.2 Å². The molecule has 0 spiro atoms. The van der Waals surface area contributed by atoms with Crippen LogP contribution in [-0.2, 0) is 10.0 Å². The van der Waals surface area contributed by atoms with Crippen molar-refractivity contribution in [2.24, 2.45) is 5.92 Å². The quantitative estimate of drug-likeness (QED) is 0.827. The first-order valence-electron chi connectivity index (χ1n) is 7.57. The summed E-state index contributed by atoms with van der Waals surface area (Å²) in [6, 6.07) is 5.20. The largest absolute Gasteiger partial charge is 0.398 e. The van der Waals surface area contributed by atoms with Crippen molar-refractivity contribution < 1.29 is 8.42 Å². The molecule has 1 aliphatic heterocycles. The monoisotopic (exact) mass is 372 g/mol. The first-order valence-corrected chi connectivity index (χ1v) is 9.80. The second kappa shape index (κ2) is 5.89. The van der Waals surface area contributed by atoms with Crippen molar-refractivity contribution in [3.63, 3.8) is 0 Å². The Morgan fingerprint density at radius 1 is 1.14 bits per heavy atom. The maximum atomic E-state index is 13.0. The molecule has 1 atom stereocenters. The highest BCUT2D eigenvalue weighted by atomic mass is 79.9. The number of benzene rings is 1. The van der Waals surface area contributed by atoms with Crippen LogP contribution in [0.4, 0.5) is 5.69 Å². The molecule has 1 aromatic carbocycles. The molecular formula is C15H21BrN2O2S. The molecule has 3 rings (SSSR count). The maximum Gasteiger partial charge on any atom is 0.245 e. The van der Waals surface area contributed by atoms with Crippen LogP contribution in [0.2, 0.25) is 0 Å². The van der Waals surface area contributed by atoms with Gasteiger partial charge in [-0.2, -0.15) is 4.31 Å². The molecule has 116 valence electrons. The minimum atomic E-state index is -3.50. The summed E-state index contributed by atoms with van der Waals surface area (Å²) in [6.45, 7) is 0.620. The van der Waals surface area contributed by atoms with Gasteiger partial charge < -0.3 is 5.73 Å². The van der Waals surface area contributed by atoms with Crippen molar-refractivity contribution in [1.82, 2.24) is 4.31 Å². The van der Waals surface area contributed by atoms with Crippen LogP contribution in [0.1, 0.15) is 38.5 Å². The van der Waals surface area contributed by atoms with Gasteiger partial charge in [0, 0.05) is 17.1 Å². The van der Waals surface area contributed by atoms with Crippen molar-refractivity contribution >= 4 is 31.6 Å². The number of halogens is 1. The van der Waals surface area contributed by atoms with Gasteiger partial charge in [0.15, 0.2) is 0 Å². The average molecular weight is 373 g/mol. The molecule has 6 heteroatoms. The van der Waals surface area contributed by atoms with E-state index in [9.17, 15) is 8.42 Å². The number of anilines is 1. The molecule has 21 heavy (non-hydrogen) atoms. The molecule has 2 fully saturated rings. The summed E-state index contributed by atoms with van der Waals surface area (Å²) in [4.78, 5) is 0.238. The zero-order chi connectivity index (χ0) is 15.0. The molecule has 1 saturated heterocycles. The lowest BCUT2D eigenvalue weighted by molar-refractivity contribution is 0.288. The van der Waals surface area contributed by atoms with E-state index in [1.165, 1.54) is 12.8 Å². The van der Waals surface area contributed by atoms with Gasteiger partial charge in [-0.05, 0) is 49.8 Å². The molecule has 0 radical (unpaired) electrons. The number of hydrogen-bond acceptors (Lipinski definition) is 3. The Hall–Kier alpha value is -0.590. The van der Waals surface area contributed by atoms with Crippen LogP contribution in [0.25, 0.3) is 0 Å². The van der Waals surface area contributed by atoms with Crippen LogP contribution in [0.15, 0.2) is 27.6 Å². The molecule has 1 aromatic rings. The van der Waals surface area contributed by atoms with Gasteiger partial charge in [0.1, 0.15) is 4.90 Å². The van der Waals surface area contributed by atoms with Gasteiger partial charge in [0.05, 0.1) is 5.69 Å². The Balaban J connectivity index is 1.95. The van der Waals surface area contributed by atoms with Crippen molar-refractivity contribution in [3.05, 3.63) is 22.7 Å². The fourth-order valence-electron chi connectivity index (χ4n) is 3.74. The molecule has 1 unspecified atom stereocenters. The summed E-state index contributed by atoms with van der Waals surface area (Å²) in [5, 5.41) is 0. The van der Waals surface area contributed by atoms with Gasteiger partial charge >= 0.3 is 0 Å². The van der Waals surface area contributed by atoms with Gasteiger partial charge in [-0.3, -0.25) is 0 Å². The maximum absolute atomic E-state index is 13.0. The van der Waals surface area contributed by atoms with Crippen molar-refractivity contribution in [3.8, 4) is 0 Å². The fraction of sp³-hybridized carbons (Fsp3) is 0.600. The number of nitrogen functional groups attached to an aromatic ring is 1.